The third-order valence-corrected chi connectivity index (χ3v) is 7.43. The molecule has 3 aromatic rings. The molecule has 2 amide bonds. The number of amides is 2. The van der Waals surface area contributed by atoms with Gasteiger partial charge < -0.3 is 5.32 Å². The van der Waals surface area contributed by atoms with E-state index in [0.717, 1.165) is 35.2 Å². The average Bonchev–Trinajstić information content (AvgIpc) is 3.21. The van der Waals surface area contributed by atoms with E-state index in [1.807, 2.05) is 50.2 Å². The second-order valence-electron chi connectivity index (χ2n) is 8.39. The lowest BCUT2D eigenvalue weighted by molar-refractivity contribution is -0.115. The van der Waals surface area contributed by atoms with Crippen molar-refractivity contribution in [2.75, 3.05) is 10.7 Å². The predicted octanol–water partition coefficient (Wildman–Crippen LogP) is 6.32. The summed E-state index contributed by atoms with van der Waals surface area (Å²) >= 11 is 7.48. The summed E-state index contributed by atoms with van der Waals surface area (Å²) in [5, 5.41) is 3.58. The maximum absolute atomic E-state index is 13.4. The van der Waals surface area contributed by atoms with Crippen molar-refractivity contribution in [1.29, 1.82) is 0 Å². The Labute approximate surface area is 208 Å². The van der Waals surface area contributed by atoms with Crippen LogP contribution in [0.5, 0.6) is 0 Å². The number of nitrogens with one attached hydrogen (secondary N) is 1. The van der Waals surface area contributed by atoms with Crippen LogP contribution in [0.4, 0.5) is 10.1 Å². The Bertz CT molecular complexity index is 1180. The number of aryl methyl sites for hydroxylation is 1. The zero-order valence-electron chi connectivity index (χ0n) is 19.1. The van der Waals surface area contributed by atoms with E-state index in [9.17, 15) is 14.0 Å². The number of halogens is 2. The van der Waals surface area contributed by atoms with E-state index in [1.54, 1.807) is 23.1 Å². The smallest absolute Gasteiger partial charge is 0.251 e. The maximum Gasteiger partial charge on any atom is 0.251 e. The Morgan fingerprint density at radius 2 is 1.85 bits per heavy atom. The molecule has 0 spiro atoms. The molecule has 1 N–H and O–H groups in total. The molecule has 2 atom stereocenters. The largest absolute Gasteiger partial charge is 0.349 e. The van der Waals surface area contributed by atoms with Crippen molar-refractivity contribution >= 4 is 40.9 Å². The van der Waals surface area contributed by atoms with E-state index >= 15 is 0 Å². The van der Waals surface area contributed by atoms with Crippen LogP contribution in [-0.4, -0.2) is 23.6 Å². The molecule has 1 saturated heterocycles. The molecule has 34 heavy (non-hydrogen) atoms. The fraction of sp³-hybridized carbons (Fsp3) is 0.259. The zero-order valence-corrected chi connectivity index (χ0v) is 20.6. The Balaban J connectivity index is 1.50. The molecule has 7 heteroatoms. The first-order valence-electron chi connectivity index (χ1n) is 11.2. The molecule has 0 radical (unpaired) electrons. The van der Waals surface area contributed by atoms with Gasteiger partial charge in [0.25, 0.3) is 5.91 Å². The molecule has 1 fully saturated rings. The van der Waals surface area contributed by atoms with Crippen molar-refractivity contribution in [3.63, 3.8) is 0 Å². The van der Waals surface area contributed by atoms with Crippen LogP contribution in [0.25, 0.3) is 0 Å². The Morgan fingerprint density at radius 1 is 1.15 bits per heavy atom. The Morgan fingerprint density at radius 3 is 2.50 bits per heavy atom. The summed E-state index contributed by atoms with van der Waals surface area (Å²) < 4.78 is 13.4. The lowest BCUT2D eigenvalue weighted by Crippen LogP contribution is -2.36. The molecule has 2 unspecified atom stereocenters. The number of hydrogen-bond donors (Lipinski definition) is 1. The standard InChI is InChI=1S/C27H26ClFN2O2S/c1-3-23(15-18-4-9-21(28)10-5-18)30-26(33)20-8-13-24(17(2)14-20)31-25(32)16-34-27(31)19-6-11-22(29)12-7-19/h4-14,23,27H,3,15-16H2,1-2H3,(H,30,33). The van der Waals surface area contributed by atoms with Gasteiger partial charge in [-0.1, -0.05) is 42.8 Å². The van der Waals surface area contributed by atoms with Crippen molar-refractivity contribution < 1.29 is 14.0 Å². The van der Waals surface area contributed by atoms with E-state index in [-0.39, 0.29) is 29.0 Å². The van der Waals surface area contributed by atoms with E-state index in [2.05, 4.69) is 5.32 Å². The molecule has 3 aromatic carbocycles. The van der Waals surface area contributed by atoms with Crippen LogP contribution in [0.2, 0.25) is 5.02 Å². The van der Waals surface area contributed by atoms with Crippen molar-refractivity contribution in [2.45, 2.75) is 38.1 Å². The number of carbonyl (C=O) groups excluding carboxylic acids is 2. The highest BCUT2D eigenvalue weighted by Crippen LogP contribution is 2.42. The molecular weight excluding hydrogens is 471 g/mol. The van der Waals surface area contributed by atoms with Crippen LogP contribution in [0.15, 0.2) is 66.7 Å². The summed E-state index contributed by atoms with van der Waals surface area (Å²) in [6.45, 7) is 3.94. The highest BCUT2D eigenvalue weighted by molar-refractivity contribution is 8.00. The third kappa shape index (κ3) is 5.45. The van der Waals surface area contributed by atoms with Gasteiger partial charge >= 0.3 is 0 Å². The molecular formula is C27H26ClFN2O2S. The average molecular weight is 497 g/mol. The summed E-state index contributed by atoms with van der Waals surface area (Å²) in [5.41, 5.74) is 4.12. The van der Waals surface area contributed by atoms with Gasteiger partial charge in [-0.2, -0.15) is 0 Å². The molecule has 1 heterocycles. The molecule has 1 aliphatic heterocycles. The summed E-state index contributed by atoms with van der Waals surface area (Å²) in [6.07, 6.45) is 1.51. The van der Waals surface area contributed by atoms with Gasteiger partial charge in [-0.05, 0) is 78.9 Å². The zero-order chi connectivity index (χ0) is 24.2. The number of anilines is 1. The van der Waals surface area contributed by atoms with Gasteiger partial charge in [-0.15, -0.1) is 11.8 Å². The molecule has 4 nitrogen and oxygen atoms in total. The molecule has 1 aliphatic rings. The van der Waals surface area contributed by atoms with Gasteiger partial charge in [-0.25, -0.2) is 4.39 Å². The summed E-state index contributed by atoms with van der Waals surface area (Å²) in [5.74, 6) is -0.106. The van der Waals surface area contributed by atoms with Gasteiger partial charge in [0, 0.05) is 22.3 Å². The van der Waals surface area contributed by atoms with Gasteiger partial charge in [-0.3, -0.25) is 14.5 Å². The highest BCUT2D eigenvalue weighted by Gasteiger charge is 2.35. The second kappa shape index (κ2) is 10.6. The number of thioether (sulfide) groups is 1. The first-order valence-corrected chi connectivity index (χ1v) is 12.6. The SMILES string of the molecule is CCC(Cc1ccc(Cl)cc1)NC(=O)c1ccc(N2C(=O)CSC2c2ccc(F)cc2)c(C)c1. The van der Waals surface area contributed by atoms with Crippen molar-refractivity contribution in [3.05, 3.63) is 99.8 Å². The van der Waals surface area contributed by atoms with Crippen molar-refractivity contribution in [1.82, 2.24) is 5.32 Å². The third-order valence-electron chi connectivity index (χ3n) is 5.96. The molecule has 4 rings (SSSR count). The number of hydrogen-bond acceptors (Lipinski definition) is 3. The normalized spacial score (nSPS) is 16.5. The molecule has 0 aromatic heterocycles. The van der Waals surface area contributed by atoms with Gasteiger partial charge in [0.15, 0.2) is 0 Å². The number of nitrogens with zero attached hydrogens (tertiary/aromatic N) is 1. The number of benzene rings is 3. The van der Waals surface area contributed by atoms with Crippen LogP contribution in [0.1, 0.15) is 45.8 Å². The maximum atomic E-state index is 13.4. The minimum atomic E-state index is -0.308. The van der Waals surface area contributed by atoms with E-state index < -0.39 is 0 Å². The molecule has 0 aliphatic carbocycles. The summed E-state index contributed by atoms with van der Waals surface area (Å²) in [4.78, 5) is 27.4. The fourth-order valence-electron chi connectivity index (χ4n) is 4.10. The Hall–Kier alpha value is -2.83. The van der Waals surface area contributed by atoms with Crippen molar-refractivity contribution in [2.24, 2.45) is 0 Å². The van der Waals surface area contributed by atoms with Gasteiger partial charge in [0.05, 0.1) is 5.75 Å². The summed E-state index contributed by atoms with van der Waals surface area (Å²) in [7, 11) is 0. The topological polar surface area (TPSA) is 49.4 Å². The molecule has 176 valence electrons. The van der Waals surface area contributed by atoms with Crippen molar-refractivity contribution in [3.8, 4) is 0 Å². The predicted molar refractivity (Wildman–Crippen MR) is 137 cm³/mol. The van der Waals surface area contributed by atoms with E-state index in [4.69, 9.17) is 11.6 Å². The first-order chi connectivity index (χ1) is 16.4. The monoisotopic (exact) mass is 496 g/mol. The van der Waals surface area contributed by atoms with Crippen LogP contribution in [-0.2, 0) is 11.2 Å². The van der Waals surface area contributed by atoms with E-state index in [0.29, 0.717) is 16.3 Å². The van der Waals surface area contributed by atoms with Crippen LogP contribution < -0.4 is 10.2 Å². The number of rotatable bonds is 7. The lowest BCUT2D eigenvalue weighted by atomic mass is 10.0. The molecule has 0 bridgehead atoms. The fourth-order valence-corrected chi connectivity index (χ4v) is 5.39. The highest BCUT2D eigenvalue weighted by atomic mass is 35.5. The van der Waals surface area contributed by atoms with Crippen LogP contribution in [0.3, 0.4) is 0 Å². The quantitative estimate of drug-likeness (QED) is 0.416. The van der Waals surface area contributed by atoms with Gasteiger partial charge in [0.1, 0.15) is 11.2 Å². The van der Waals surface area contributed by atoms with Crippen LogP contribution in [0, 0.1) is 12.7 Å². The Kier molecular flexibility index (Phi) is 7.59. The second-order valence-corrected chi connectivity index (χ2v) is 9.89. The summed E-state index contributed by atoms with van der Waals surface area (Å²) in [6, 6.07) is 19.3. The van der Waals surface area contributed by atoms with Crippen LogP contribution >= 0.6 is 23.4 Å². The van der Waals surface area contributed by atoms with Gasteiger partial charge in [0.2, 0.25) is 5.91 Å². The first kappa shape index (κ1) is 24.3. The lowest BCUT2D eigenvalue weighted by Gasteiger charge is -2.26. The minimum Gasteiger partial charge on any atom is -0.349 e. The van der Waals surface area contributed by atoms with E-state index in [1.165, 1.54) is 23.9 Å². The molecule has 0 saturated carbocycles. The number of carbonyl (C=O) groups is 2. The minimum absolute atomic E-state index is 0.00589.